The minimum absolute atomic E-state index is 0.216. The van der Waals surface area contributed by atoms with Gasteiger partial charge in [0.1, 0.15) is 5.82 Å². The number of aromatic nitrogens is 1. The monoisotopic (exact) mass is 361 g/mol. The second-order valence-corrected chi connectivity index (χ2v) is 8.40. The average Bonchev–Trinajstić information content (AvgIpc) is 2.57. The van der Waals surface area contributed by atoms with Crippen LogP contribution in [0.4, 0.5) is 5.82 Å². The Morgan fingerprint density at radius 3 is 1.88 bits per heavy atom. The first-order chi connectivity index (χ1) is 11.6. The number of nitrogens with zero attached hydrogens (tertiary/aromatic N) is 2. The molecule has 0 bridgehead atoms. The molecular weight excluding hydrogens is 334 g/mol. The molecule has 136 valence electrons. The second kappa shape index (κ2) is 7.14. The fraction of sp³-hybridized carbons (Fsp3) is 0.421. The van der Waals surface area contributed by atoms with Crippen LogP contribution in [0, 0.1) is 34.6 Å². The first-order valence-electron chi connectivity index (χ1n) is 8.25. The van der Waals surface area contributed by atoms with Crippen molar-refractivity contribution in [3.8, 4) is 0 Å². The molecule has 25 heavy (non-hydrogen) atoms. The van der Waals surface area contributed by atoms with Crippen LogP contribution in [0.1, 0.15) is 33.4 Å². The molecule has 2 rings (SSSR count). The molecule has 1 N–H and O–H groups in total. The standard InChI is InChI=1S/C19H27N3O2S/c1-12-13(2)15(4)19(16(5)14(12)3)25(23,24)21-11-17-8-9-18(20-10-17)22(6)7/h8-10,21H,11H2,1-7H3. The molecule has 0 saturated heterocycles. The third-order valence-corrected chi connectivity index (χ3v) is 6.61. The predicted molar refractivity (Wildman–Crippen MR) is 103 cm³/mol. The van der Waals surface area contributed by atoms with E-state index in [-0.39, 0.29) is 6.54 Å². The van der Waals surface area contributed by atoms with Crippen molar-refractivity contribution in [2.45, 2.75) is 46.1 Å². The molecule has 0 saturated carbocycles. The molecule has 1 heterocycles. The summed E-state index contributed by atoms with van der Waals surface area (Å²) in [6.07, 6.45) is 1.70. The Morgan fingerprint density at radius 1 is 0.920 bits per heavy atom. The van der Waals surface area contributed by atoms with Crippen LogP contribution in [-0.2, 0) is 16.6 Å². The number of hydrogen-bond donors (Lipinski definition) is 1. The highest BCUT2D eigenvalue weighted by molar-refractivity contribution is 7.89. The fourth-order valence-corrected chi connectivity index (χ4v) is 4.52. The molecule has 2 aromatic rings. The van der Waals surface area contributed by atoms with Crippen molar-refractivity contribution >= 4 is 15.8 Å². The van der Waals surface area contributed by atoms with E-state index in [1.165, 1.54) is 0 Å². The molecule has 5 nitrogen and oxygen atoms in total. The van der Waals surface area contributed by atoms with E-state index in [9.17, 15) is 8.42 Å². The van der Waals surface area contributed by atoms with Crippen LogP contribution in [0.3, 0.4) is 0 Å². The van der Waals surface area contributed by atoms with E-state index in [4.69, 9.17) is 0 Å². The Morgan fingerprint density at radius 2 is 1.44 bits per heavy atom. The van der Waals surface area contributed by atoms with Gasteiger partial charge in [-0.3, -0.25) is 0 Å². The Balaban J connectivity index is 2.31. The number of nitrogens with one attached hydrogen (secondary N) is 1. The largest absolute Gasteiger partial charge is 0.363 e. The lowest BCUT2D eigenvalue weighted by atomic mass is 9.95. The van der Waals surface area contributed by atoms with Gasteiger partial charge in [-0.25, -0.2) is 18.1 Å². The number of anilines is 1. The molecule has 1 aromatic heterocycles. The summed E-state index contributed by atoms with van der Waals surface area (Å²) in [6, 6.07) is 3.76. The van der Waals surface area contributed by atoms with Crippen LogP contribution >= 0.6 is 0 Å². The molecule has 0 fully saturated rings. The van der Waals surface area contributed by atoms with Gasteiger partial charge in [0, 0.05) is 26.8 Å². The predicted octanol–water partition coefficient (Wildman–Crippen LogP) is 3.17. The highest BCUT2D eigenvalue weighted by Crippen LogP contribution is 2.29. The van der Waals surface area contributed by atoms with Gasteiger partial charge in [0.05, 0.1) is 4.90 Å². The van der Waals surface area contributed by atoms with Crippen molar-refractivity contribution in [2.75, 3.05) is 19.0 Å². The van der Waals surface area contributed by atoms with Crippen molar-refractivity contribution in [1.29, 1.82) is 0 Å². The maximum Gasteiger partial charge on any atom is 0.241 e. The number of rotatable bonds is 5. The topological polar surface area (TPSA) is 62.3 Å². The second-order valence-electron chi connectivity index (χ2n) is 6.70. The highest BCUT2D eigenvalue weighted by atomic mass is 32.2. The van der Waals surface area contributed by atoms with Crippen LogP contribution in [0.25, 0.3) is 0 Å². The summed E-state index contributed by atoms with van der Waals surface area (Å²) in [5, 5.41) is 0. The molecule has 0 aliphatic rings. The Hall–Kier alpha value is -1.92. The van der Waals surface area contributed by atoms with Gasteiger partial charge < -0.3 is 4.90 Å². The molecule has 6 heteroatoms. The van der Waals surface area contributed by atoms with Gasteiger partial charge in [-0.2, -0.15) is 0 Å². The van der Waals surface area contributed by atoms with E-state index in [1.54, 1.807) is 6.20 Å². The summed E-state index contributed by atoms with van der Waals surface area (Å²) in [5.41, 5.74) is 5.66. The number of hydrogen-bond acceptors (Lipinski definition) is 4. The van der Waals surface area contributed by atoms with Gasteiger partial charge >= 0.3 is 0 Å². The third-order valence-electron chi connectivity index (χ3n) is 4.93. The maximum absolute atomic E-state index is 12.9. The van der Waals surface area contributed by atoms with Gasteiger partial charge in [-0.05, 0) is 74.1 Å². The number of pyridine rings is 1. The molecular formula is C19H27N3O2S. The summed E-state index contributed by atoms with van der Waals surface area (Å²) in [4.78, 5) is 6.61. The van der Waals surface area contributed by atoms with E-state index in [0.29, 0.717) is 4.90 Å². The Kier molecular flexibility index (Phi) is 5.54. The maximum atomic E-state index is 12.9. The molecule has 0 unspecified atom stereocenters. The van der Waals surface area contributed by atoms with Crippen molar-refractivity contribution in [1.82, 2.24) is 9.71 Å². The summed E-state index contributed by atoms with van der Waals surface area (Å²) in [6.45, 7) is 9.94. The third kappa shape index (κ3) is 3.85. The zero-order chi connectivity index (χ0) is 18.9. The lowest BCUT2D eigenvalue weighted by Crippen LogP contribution is -2.26. The smallest absolute Gasteiger partial charge is 0.241 e. The average molecular weight is 362 g/mol. The molecule has 1 aromatic carbocycles. The molecule has 0 radical (unpaired) electrons. The summed E-state index contributed by atoms with van der Waals surface area (Å²) >= 11 is 0. The first-order valence-corrected chi connectivity index (χ1v) is 9.73. The normalized spacial score (nSPS) is 11.6. The van der Waals surface area contributed by atoms with Crippen LogP contribution in [-0.4, -0.2) is 27.5 Å². The number of benzene rings is 1. The minimum Gasteiger partial charge on any atom is -0.363 e. The lowest BCUT2D eigenvalue weighted by molar-refractivity contribution is 0.579. The van der Waals surface area contributed by atoms with Crippen LogP contribution in [0.2, 0.25) is 0 Å². The van der Waals surface area contributed by atoms with E-state index in [1.807, 2.05) is 65.7 Å². The quantitative estimate of drug-likeness (QED) is 0.888. The SMILES string of the molecule is Cc1c(C)c(C)c(S(=O)(=O)NCc2ccc(N(C)C)nc2)c(C)c1C. The Labute approximate surface area is 151 Å². The van der Waals surface area contributed by atoms with Crippen molar-refractivity contribution < 1.29 is 8.42 Å². The van der Waals surface area contributed by atoms with Crippen LogP contribution < -0.4 is 9.62 Å². The van der Waals surface area contributed by atoms with E-state index >= 15 is 0 Å². The van der Waals surface area contributed by atoms with Gasteiger partial charge in [0.25, 0.3) is 0 Å². The van der Waals surface area contributed by atoms with Crippen LogP contribution in [0.5, 0.6) is 0 Å². The highest BCUT2D eigenvalue weighted by Gasteiger charge is 2.23. The first kappa shape index (κ1) is 19.4. The van der Waals surface area contributed by atoms with Gasteiger partial charge in [0.2, 0.25) is 10.0 Å². The van der Waals surface area contributed by atoms with Crippen molar-refractivity contribution in [2.24, 2.45) is 0 Å². The molecule has 0 aliphatic carbocycles. The zero-order valence-corrected chi connectivity index (χ0v) is 16.9. The van der Waals surface area contributed by atoms with Gasteiger partial charge in [-0.15, -0.1) is 0 Å². The summed E-state index contributed by atoms with van der Waals surface area (Å²) in [7, 11) is 0.234. The van der Waals surface area contributed by atoms with Crippen molar-refractivity contribution in [3.05, 3.63) is 51.7 Å². The van der Waals surface area contributed by atoms with E-state index < -0.39 is 10.0 Å². The van der Waals surface area contributed by atoms with Gasteiger partial charge in [0.15, 0.2) is 0 Å². The fourth-order valence-electron chi connectivity index (χ4n) is 2.90. The molecule has 0 aliphatic heterocycles. The number of sulfonamides is 1. The van der Waals surface area contributed by atoms with Crippen molar-refractivity contribution in [3.63, 3.8) is 0 Å². The molecule has 0 atom stereocenters. The lowest BCUT2D eigenvalue weighted by Gasteiger charge is -2.19. The van der Waals surface area contributed by atoms with Crippen LogP contribution in [0.15, 0.2) is 23.2 Å². The van der Waals surface area contributed by atoms with E-state index in [2.05, 4.69) is 9.71 Å². The molecule has 0 spiro atoms. The summed E-state index contributed by atoms with van der Waals surface area (Å²) < 4.78 is 28.5. The zero-order valence-electron chi connectivity index (χ0n) is 16.1. The van der Waals surface area contributed by atoms with E-state index in [0.717, 1.165) is 39.2 Å². The van der Waals surface area contributed by atoms with Gasteiger partial charge in [-0.1, -0.05) is 6.07 Å². The minimum atomic E-state index is -3.60. The Bertz CT molecular complexity index is 857. The summed E-state index contributed by atoms with van der Waals surface area (Å²) in [5.74, 6) is 0.836. The molecule has 0 amide bonds.